The van der Waals surface area contributed by atoms with Crippen LogP contribution in [0.2, 0.25) is 0 Å². The van der Waals surface area contributed by atoms with E-state index in [1.165, 1.54) is 11.8 Å². The fourth-order valence-corrected chi connectivity index (χ4v) is 3.01. The van der Waals surface area contributed by atoms with Crippen LogP contribution >= 0.6 is 11.8 Å². The molecule has 0 aliphatic heterocycles. The van der Waals surface area contributed by atoms with Crippen molar-refractivity contribution in [3.05, 3.63) is 60.4 Å². The molecule has 0 radical (unpaired) electrons. The van der Waals surface area contributed by atoms with Crippen molar-refractivity contribution >= 4 is 17.7 Å². The number of hydrogen-bond acceptors (Lipinski definition) is 5. The summed E-state index contributed by atoms with van der Waals surface area (Å²) in [7, 11) is 0. The Kier molecular flexibility index (Phi) is 4.90. The van der Waals surface area contributed by atoms with Gasteiger partial charge in [-0.2, -0.15) is 0 Å². The predicted octanol–water partition coefficient (Wildman–Crippen LogP) is 2.35. The van der Waals surface area contributed by atoms with Gasteiger partial charge in [0.1, 0.15) is 0 Å². The molecule has 3 rings (SSSR count). The van der Waals surface area contributed by atoms with Crippen LogP contribution in [0.4, 0.5) is 0 Å². The molecule has 24 heavy (non-hydrogen) atoms. The maximum absolute atomic E-state index is 11.4. The molecule has 0 aliphatic rings. The molecule has 0 aliphatic carbocycles. The van der Waals surface area contributed by atoms with Crippen LogP contribution in [-0.4, -0.2) is 30.9 Å². The summed E-state index contributed by atoms with van der Waals surface area (Å²) in [6.07, 6.45) is 3.46. The van der Waals surface area contributed by atoms with Crippen molar-refractivity contribution in [1.29, 1.82) is 0 Å². The lowest BCUT2D eigenvalue weighted by Gasteiger charge is -2.12. The zero-order valence-electron chi connectivity index (χ0n) is 13.2. The number of aromatic nitrogens is 4. The first-order valence-corrected chi connectivity index (χ1v) is 8.36. The van der Waals surface area contributed by atoms with E-state index < -0.39 is 0 Å². The maximum Gasteiger partial charge on any atom is 0.230 e. The van der Waals surface area contributed by atoms with Crippen LogP contribution in [0.3, 0.4) is 0 Å². The molecule has 0 spiro atoms. The van der Waals surface area contributed by atoms with Crippen LogP contribution in [-0.2, 0) is 11.3 Å². The number of primary amides is 1. The summed E-state index contributed by atoms with van der Waals surface area (Å²) in [5.74, 6) is 0.336. The van der Waals surface area contributed by atoms with Crippen LogP contribution in [0.15, 0.2) is 60.0 Å². The number of pyridine rings is 1. The summed E-state index contributed by atoms with van der Waals surface area (Å²) in [5, 5.41) is 8.82. The Bertz CT molecular complexity index is 820. The molecular weight excluding hydrogens is 322 g/mol. The van der Waals surface area contributed by atoms with Crippen LogP contribution in [0.1, 0.15) is 12.5 Å². The molecule has 122 valence electrons. The van der Waals surface area contributed by atoms with E-state index in [-0.39, 0.29) is 11.2 Å². The number of hydrogen-bond donors (Lipinski definition) is 1. The molecule has 1 atom stereocenters. The van der Waals surface area contributed by atoms with E-state index in [0.29, 0.717) is 17.5 Å². The van der Waals surface area contributed by atoms with Gasteiger partial charge in [0.05, 0.1) is 11.8 Å². The van der Waals surface area contributed by atoms with Gasteiger partial charge >= 0.3 is 0 Å². The highest BCUT2D eigenvalue weighted by molar-refractivity contribution is 8.00. The van der Waals surface area contributed by atoms with Crippen LogP contribution in [0.25, 0.3) is 11.4 Å². The minimum atomic E-state index is -0.384. The van der Waals surface area contributed by atoms with Crippen molar-refractivity contribution in [1.82, 2.24) is 19.7 Å². The van der Waals surface area contributed by atoms with E-state index in [2.05, 4.69) is 15.2 Å². The summed E-state index contributed by atoms with van der Waals surface area (Å²) in [6, 6.07) is 13.8. The van der Waals surface area contributed by atoms with Gasteiger partial charge in [-0.1, -0.05) is 42.1 Å². The van der Waals surface area contributed by atoms with Gasteiger partial charge in [-0.15, -0.1) is 10.2 Å². The second-order valence-electron chi connectivity index (χ2n) is 5.28. The van der Waals surface area contributed by atoms with Crippen molar-refractivity contribution in [2.24, 2.45) is 5.73 Å². The Balaban J connectivity index is 2.00. The van der Waals surface area contributed by atoms with E-state index in [9.17, 15) is 4.79 Å². The number of amides is 1. The topological polar surface area (TPSA) is 86.7 Å². The normalized spacial score (nSPS) is 12.0. The highest BCUT2D eigenvalue weighted by Gasteiger charge is 2.19. The second kappa shape index (κ2) is 7.27. The third-order valence-corrected chi connectivity index (χ3v) is 4.60. The molecule has 0 saturated heterocycles. The van der Waals surface area contributed by atoms with Gasteiger partial charge in [0.2, 0.25) is 5.91 Å². The minimum Gasteiger partial charge on any atom is -0.369 e. The summed E-state index contributed by atoms with van der Waals surface area (Å²) in [6.45, 7) is 2.37. The molecule has 6 nitrogen and oxygen atoms in total. The molecule has 3 aromatic rings. The number of carbonyl (C=O) groups is 1. The van der Waals surface area contributed by atoms with Gasteiger partial charge in [-0.3, -0.25) is 14.3 Å². The van der Waals surface area contributed by atoms with E-state index in [1.54, 1.807) is 19.3 Å². The van der Waals surface area contributed by atoms with E-state index >= 15 is 0 Å². The van der Waals surface area contributed by atoms with Crippen molar-refractivity contribution in [2.75, 3.05) is 0 Å². The highest BCUT2D eigenvalue weighted by atomic mass is 32.2. The highest BCUT2D eigenvalue weighted by Crippen LogP contribution is 2.27. The van der Waals surface area contributed by atoms with Crippen molar-refractivity contribution < 1.29 is 4.79 Å². The first kappa shape index (κ1) is 16.2. The van der Waals surface area contributed by atoms with Crippen molar-refractivity contribution in [3.63, 3.8) is 0 Å². The molecule has 0 fully saturated rings. The van der Waals surface area contributed by atoms with E-state index in [1.807, 2.05) is 47.0 Å². The average Bonchev–Trinajstić information content (AvgIpc) is 2.99. The molecule has 2 N–H and O–H groups in total. The van der Waals surface area contributed by atoms with Crippen molar-refractivity contribution in [2.45, 2.75) is 23.9 Å². The van der Waals surface area contributed by atoms with E-state index in [0.717, 1.165) is 11.1 Å². The van der Waals surface area contributed by atoms with Gasteiger partial charge in [0.25, 0.3) is 0 Å². The molecule has 1 aromatic carbocycles. The smallest absolute Gasteiger partial charge is 0.230 e. The molecule has 7 heteroatoms. The Morgan fingerprint density at radius 2 is 2.00 bits per heavy atom. The Morgan fingerprint density at radius 3 is 2.67 bits per heavy atom. The third kappa shape index (κ3) is 3.62. The molecule has 0 saturated carbocycles. The Hall–Kier alpha value is -2.67. The first-order chi connectivity index (χ1) is 11.6. The molecule has 2 heterocycles. The van der Waals surface area contributed by atoms with Gasteiger partial charge in [0, 0.05) is 18.0 Å². The fraction of sp³-hybridized carbons (Fsp3) is 0.176. The van der Waals surface area contributed by atoms with Gasteiger partial charge in [-0.05, 0) is 24.6 Å². The summed E-state index contributed by atoms with van der Waals surface area (Å²) >= 11 is 1.31. The second-order valence-corrected chi connectivity index (χ2v) is 6.59. The largest absolute Gasteiger partial charge is 0.369 e. The summed E-state index contributed by atoms with van der Waals surface area (Å²) < 4.78 is 1.98. The monoisotopic (exact) mass is 339 g/mol. The molecule has 0 unspecified atom stereocenters. The van der Waals surface area contributed by atoms with Gasteiger partial charge in [0.15, 0.2) is 11.0 Å². The van der Waals surface area contributed by atoms with Gasteiger partial charge < -0.3 is 5.73 Å². The van der Waals surface area contributed by atoms with Crippen molar-refractivity contribution in [3.8, 4) is 11.4 Å². The lowest BCUT2D eigenvalue weighted by molar-refractivity contribution is -0.117. The lowest BCUT2D eigenvalue weighted by atomic mass is 10.2. The number of thioether (sulfide) groups is 1. The third-order valence-electron chi connectivity index (χ3n) is 3.50. The number of nitrogens with two attached hydrogens (primary N) is 1. The number of nitrogens with zero attached hydrogens (tertiary/aromatic N) is 4. The quantitative estimate of drug-likeness (QED) is 0.697. The van der Waals surface area contributed by atoms with Crippen LogP contribution in [0.5, 0.6) is 0 Å². The van der Waals surface area contributed by atoms with Crippen LogP contribution in [0, 0.1) is 0 Å². The van der Waals surface area contributed by atoms with E-state index in [4.69, 9.17) is 5.73 Å². The predicted molar refractivity (Wildman–Crippen MR) is 93.3 cm³/mol. The van der Waals surface area contributed by atoms with Crippen LogP contribution < -0.4 is 5.73 Å². The standard InChI is InChI=1S/C17H17N5OS/c1-12(15(18)23)24-17-21-20-16(14-8-5-9-19-10-14)22(17)11-13-6-3-2-4-7-13/h2-10,12H,11H2,1H3,(H2,18,23)/t12-/m1/s1. The maximum atomic E-state index is 11.4. The molecular formula is C17H17N5OS. The minimum absolute atomic E-state index is 0.378. The average molecular weight is 339 g/mol. The fourth-order valence-electron chi connectivity index (χ4n) is 2.21. The number of benzene rings is 1. The number of carbonyl (C=O) groups excluding carboxylic acids is 1. The summed E-state index contributed by atoms with van der Waals surface area (Å²) in [4.78, 5) is 15.5. The summed E-state index contributed by atoms with van der Waals surface area (Å²) in [5.41, 5.74) is 7.37. The Morgan fingerprint density at radius 1 is 1.21 bits per heavy atom. The number of rotatable bonds is 6. The zero-order valence-corrected chi connectivity index (χ0v) is 14.0. The lowest BCUT2D eigenvalue weighted by Crippen LogP contribution is -2.23. The molecule has 1 amide bonds. The molecule has 0 bridgehead atoms. The SMILES string of the molecule is C[C@@H](Sc1nnc(-c2cccnc2)n1Cc1ccccc1)C(N)=O. The first-order valence-electron chi connectivity index (χ1n) is 7.48. The van der Waals surface area contributed by atoms with Gasteiger partial charge in [-0.25, -0.2) is 0 Å². The Labute approximate surface area is 144 Å². The molecule has 2 aromatic heterocycles. The zero-order chi connectivity index (χ0) is 16.9.